The van der Waals surface area contributed by atoms with E-state index in [2.05, 4.69) is 16.5 Å². The van der Waals surface area contributed by atoms with Gasteiger partial charge in [-0.3, -0.25) is 9.48 Å². The van der Waals surface area contributed by atoms with Crippen molar-refractivity contribution in [3.8, 4) is 6.07 Å². The quantitative estimate of drug-likeness (QED) is 0.785. The molecule has 1 amide bonds. The minimum atomic E-state index is -0.163. The van der Waals surface area contributed by atoms with E-state index in [1.54, 1.807) is 4.68 Å². The second-order valence-corrected chi connectivity index (χ2v) is 6.76. The third-order valence-corrected chi connectivity index (χ3v) is 4.72. The van der Waals surface area contributed by atoms with Gasteiger partial charge in [0.15, 0.2) is 5.65 Å². The number of hydrogen-bond acceptors (Lipinski definition) is 4. The van der Waals surface area contributed by atoms with Gasteiger partial charge in [0.1, 0.15) is 0 Å². The third kappa shape index (κ3) is 2.93. The number of aryl methyl sites for hydroxylation is 2. The van der Waals surface area contributed by atoms with Crippen molar-refractivity contribution < 1.29 is 4.79 Å². The Morgan fingerprint density at radius 2 is 2.08 bits per heavy atom. The van der Waals surface area contributed by atoms with E-state index in [4.69, 9.17) is 10.2 Å². The molecule has 0 atom stereocenters. The molecule has 6 heteroatoms. The Morgan fingerprint density at radius 3 is 2.73 bits per heavy atom. The average molecular weight is 345 g/mol. The van der Waals surface area contributed by atoms with E-state index in [1.165, 1.54) is 0 Å². The lowest BCUT2D eigenvalue weighted by Gasteiger charge is -2.09. The lowest BCUT2D eigenvalue weighted by atomic mass is 10.1. The van der Waals surface area contributed by atoms with E-state index in [1.807, 2.05) is 44.3 Å². The molecule has 0 spiro atoms. The van der Waals surface area contributed by atoms with Gasteiger partial charge in [-0.2, -0.15) is 10.4 Å². The number of nitriles is 1. The zero-order valence-corrected chi connectivity index (χ0v) is 14.8. The molecule has 6 nitrogen and oxygen atoms in total. The summed E-state index contributed by atoms with van der Waals surface area (Å²) in [6, 6.07) is 11.4. The molecule has 0 unspecified atom stereocenters. The van der Waals surface area contributed by atoms with Gasteiger partial charge in [-0.25, -0.2) is 4.98 Å². The molecule has 0 bridgehead atoms. The fourth-order valence-electron chi connectivity index (χ4n) is 3.23. The number of rotatable bonds is 4. The van der Waals surface area contributed by atoms with Crippen molar-refractivity contribution in [2.45, 2.75) is 32.1 Å². The summed E-state index contributed by atoms with van der Waals surface area (Å²) in [7, 11) is 1.86. The molecule has 1 N–H and O–H groups in total. The van der Waals surface area contributed by atoms with Gasteiger partial charge in [0, 0.05) is 24.3 Å². The fraction of sp³-hybridized carbons (Fsp3) is 0.300. The van der Waals surface area contributed by atoms with Crippen LogP contribution < -0.4 is 5.32 Å². The fourth-order valence-corrected chi connectivity index (χ4v) is 3.23. The normalized spacial score (nSPS) is 13.6. The molecule has 1 fully saturated rings. The number of anilines is 1. The molecule has 0 aliphatic heterocycles. The van der Waals surface area contributed by atoms with Crippen LogP contribution in [0.2, 0.25) is 0 Å². The molecule has 4 rings (SSSR count). The Balaban J connectivity index is 1.70. The average Bonchev–Trinajstić information content (AvgIpc) is 3.43. The monoisotopic (exact) mass is 345 g/mol. The molecule has 0 radical (unpaired) electrons. The van der Waals surface area contributed by atoms with Crippen LogP contribution in [0.5, 0.6) is 0 Å². The molecular weight excluding hydrogens is 326 g/mol. The van der Waals surface area contributed by atoms with Gasteiger partial charge in [0.05, 0.1) is 29.1 Å². The third-order valence-electron chi connectivity index (χ3n) is 4.72. The largest absolute Gasteiger partial charge is 0.322 e. The minimum absolute atomic E-state index is 0.163. The van der Waals surface area contributed by atoms with Crippen LogP contribution in [0, 0.1) is 18.3 Å². The Morgan fingerprint density at radius 1 is 1.35 bits per heavy atom. The summed E-state index contributed by atoms with van der Waals surface area (Å²) in [5.41, 5.74) is 4.76. The molecule has 0 saturated heterocycles. The summed E-state index contributed by atoms with van der Waals surface area (Å²) in [5.74, 6) is 0.287. The maximum Gasteiger partial charge on any atom is 0.256 e. The van der Waals surface area contributed by atoms with Gasteiger partial charge < -0.3 is 5.32 Å². The standard InChI is InChI=1S/C20H19N5O/c1-12-18-16(11-17(14-5-6-14)23-19(18)25(2)24-12)20(26)22-15-7-3-13(4-8-15)9-10-21/h3-4,7-8,11,14H,5-6,9H2,1-2H3,(H,22,26). The van der Waals surface area contributed by atoms with Crippen molar-refractivity contribution in [2.75, 3.05) is 5.32 Å². The minimum Gasteiger partial charge on any atom is -0.322 e. The lowest BCUT2D eigenvalue weighted by molar-refractivity contribution is 0.102. The maximum absolute atomic E-state index is 13.0. The second-order valence-electron chi connectivity index (χ2n) is 6.76. The number of carbonyl (C=O) groups is 1. The molecule has 26 heavy (non-hydrogen) atoms. The molecule has 1 aromatic carbocycles. The Kier molecular flexibility index (Phi) is 3.92. The first-order valence-corrected chi connectivity index (χ1v) is 8.68. The number of fused-ring (bicyclic) bond motifs is 1. The molecule has 3 aromatic rings. The van der Waals surface area contributed by atoms with Gasteiger partial charge >= 0.3 is 0 Å². The van der Waals surface area contributed by atoms with Crippen LogP contribution in [0.15, 0.2) is 30.3 Å². The maximum atomic E-state index is 13.0. The first kappa shape index (κ1) is 16.3. The predicted octanol–water partition coefficient (Wildman–Crippen LogP) is 3.47. The second kappa shape index (κ2) is 6.26. The van der Waals surface area contributed by atoms with E-state index in [9.17, 15) is 4.79 Å². The Hall–Kier alpha value is -3.20. The highest BCUT2D eigenvalue weighted by atomic mass is 16.1. The van der Waals surface area contributed by atoms with Crippen LogP contribution in [0.25, 0.3) is 11.0 Å². The SMILES string of the molecule is Cc1nn(C)c2nc(C3CC3)cc(C(=O)Nc3ccc(CC#N)cc3)c12. The summed E-state index contributed by atoms with van der Waals surface area (Å²) in [4.78, 5) is 17.7. The van der Waals surface area contributed by atoms with Gasteiger partial charge in [-0.05, 0) is 43.5 Å². The van der Waals surface area contributed by atoms with E-state index in [0.29, 0.717) is 23.6 Å². The van der Waals surface area contributed by atoms with Gasteiger partial charge in [0.2, 0.25) is 0 Å². The van der Waals surface area contributed by atoms with Crippen LogP contribution in [-0.4, -0.2) is 20.7 Å². The first-order valence-electron chi connectivity index (χ1n) is 8.68. The Labute approximate surface area is 151 Å². The predicted molar refractivity (Wildman–Crippen MR) is 98.9 cm³/mol. The number of amides is 1. The van der Waals surface area contributed by atoms with Crippen LogP contribution >= 0.6 is 0 Å². The zero-order valence-electron chi connectivity index (χ0n) is 14.8. The highest BCUT2D eigenvalue weighted by Crippen LogP contribution is 2.40. The number of pyridine rings is 1. The molecule has 2 aromatic heterocycles. The molecule has 2 heterocycles. The summed E-state index contributed by atoms with van der Waals surface area (Å²) in [5, 5.41) is 16.9. The van der Waals surface area contributed by atoms with Crippen LogP contribution in [-0.2, 0) is 13.5 Å². The molecule has 1 aliphatic carbocycles. The van der Waals surface area contributed by atoms with Gasteiger partial charge in [-0.15, -0.1) is 0 Å². The summed E-state index contributed by atoms with van der Waals surface area (Å²) >= 11 is 0. The van der Waals surface area contributed by atoms with Crippen LogP contribution in [0.4, 0.5) is 5.69 Å². The molecular formula is C20H19N5O. The van der Waals surface area contributed by atoms with Crippen LogP contribution in [0.3, 0.4) is 0 Å². The summed E-state index contributed by atoms with van der Waals surface area (Å²) in [6.45, 7) is 1.90. The van der Waals surface area contributed by atoms with Crippen molar-refractivity contribution in [3.05, 3.63) is 52.8 Å². The van der Waals surface area contributed by atoms with Crippen molar-refractivity contribution in [1.29, 1.82) is 5.26 Å². The molecule has 1 saturated carbocycles. The molecule has 1 aliphatic rings. The van der Waals surface area contributed by atoms with Gasteiger partial charge in [-0.1, -0.05) is 12.1 Å². The Bertz CT molecular complexity index is 1040. The number of nitrogens with one attached hydrogen (secondary N) is 1. The number of carbonyl (C=O) groups excluding carboxylic acids is 1. The van der Waals surface area contributed by atoms with Crippen molar-refractivity contribution in [2.24, 2.45) is 7.05 Å². The summed E-state index contributed by atoms with van der Waals surface area (Å²) < 4.78 is 1.74. The van der Waals surface area contributed by atoms with Crippen molar-refractivity contribution >= 4 is 22.6 Å². The lowest BCUT2D eigenvalue weighted by Crippen LogP contribution is -2.13. The number of hydrogen-bond donors (Lipinski definition) is 1. The summed E-state index contributed by atoms with van der Waals surface area (Å²) in [6.07, 6.45) is 2.60. The van der Waals surface area contributed by atoms with Crippen molar-refractivity contribution in [1.82, 2.24) is 14.8 Å². The first-order chi connectivity index (χ1) is 12.6. The van der Waals surface area contributed by atoms with E-state index >= 15 is 0 Å². The van der Waals surface area contributed by atoms with Gasteiger partial charge in [0.25, 0.3) is 5.91 Å². The number of nitrogens with zero attached hydrogens (tertiary/aromatic N) is 4. The number of aromatic nitrogens is 3. The van der Waals surface area contributed by atoms with E-state index in [-0.39, 0.29) is 5.91 Å². The topological polar surface area (TPSA) is 83.6 Å². The highest BCUT2D eigenvalue weighted by molar-refractivity contribution is 6.12. The smallest absolute Gasteiger partial charge is 0.256 e. The van der Waals surface area contributed by atoms with E-state index in [0.717, 1.165) is 40.8 Å². The highest BCUT2D eigenvalue weighted by Gasteiger charge is 2.28. The van der Waals surface area contributed by atoms with Crippen molar-refractivity contribution in [3.63, 3.8) is 0 Å². The molecule has 130 valence electrons. The van der Waals surface area contributed by atoms with Crippen LogP contribution in [0.1, 0.15) is 46.1 Å². The zero-order chi connectivity index (χ0) is 18.3. The number of benzene rings is 1. The van der Waals surface area contributed by atoms with E-state index < -0.39 is 0 Å².